The van der Waals surface area contributed by atoms with Crippen LogP contribution in [0.2, 0.25) is 0 Å². The van der Waals surface area contributed by atoms with Crippen molar-refractivity contribution in [3.05, 3.63) is 28.8 Å². The number of ether oxygens (including phenoxy) is 1. The van der Waals surface area contributed by atoms with Crippen LogP contribution in [0.25, 0.3) is 0 Å². The Labute approximate surface area is 90.2 Å². The average Bonchev–Trinajstić information content (AvgIpc) is 2.25. The number of hydrogen-bond acceptors (Lipinski definition) is 3. The zero-order valence-corrected chi connectivity index (χ0v) is 8.43. The summed E-state index contributed by atoms with van der Waals surface area (Å²) in [6.45, 7) is -0.267. The molecule has 0 fully saturated rings. The molecule has 0 unspecified atom stereocenters. The quantitative estimate of drug-likeness (QED) is 0.845. The summed E-state index contributed by atoms with van der Waals surface area (Å²) < 4.78 is 42.5. The summed E-state index contributed by atoms with van der Waals surface area (Å²) >= 11 is 0. The molecule has 16 heavy (non-hydrogen) atoms. The van der Waals surface area contributed by atoms with Crippen molar-refractivity contribution in [2.24, 2.45) is 5.73 Å². The molecule has 3 nitrogen and oxygen atoms in total. The lowest BCUT2D eigenvalue weighted by molar-refractivity contribution is -0.138. The normalized spacial score (nSPS) is 11.0. The summed E-state index contributed by atoms with van der Waals surface area (Å²) in [7, 11) is 1.28. The second kappa shape index (κ2) is 4.41. The predicted molar refractivity (Wildman–Crippen MR) is 50.6 cm³/mol. The van der Waals surface area contributed by atoms with E-state index in [1.807, 2.05) is 0 Å². The molecular weight excluding hydrogens is 221 g/mol. The molecule has 0 heterocycles. The van der Waals surface area contributed by atoms with Gasteiger partial charge in [-0.3, -0.25) is 0 Å². The molecule has 0 aliphatic heterocycles. The minimum absolute atomic E-state index is 0.0935. The molecule has 1 aromatic rings. The third-order valence-electron chi connectivity index (χ3n) is 2.07. The fourth-order valence-corrected chi connectivity index (χ4v) is 1.31. The largest absolute Gasteiger partial charge is 0.495 e. The second-order valence-electron chi connectivity index (χ2n) is 3.02. The highest BCUT2D eigenvalue weighted by molar-refractivity contribution is 5.49. The van der Waals surface area contributed by atoms with E-state index in [1.165, 1.54) is 7.11 Å². The van der Waals surface area contributed by atoms with Crippen molar-refractivity contribution < 1.29 is 17.9 Å². The third kappa shape index (κ3) is 2.25. The molecule has 0 saturated carbocycles. The highest BCUT2D eigenvalue weighted by Gasteiger charge is 2.34. The summed E-state index contributed by atoms with van der Waals surface area (Å²) in [5, 5.41) is 8.67. The van der Waals surface area contributed by atoms with Crippen LogP contribution in [0.15, 0.2) is 12.1 Å². The van der Waals surface area contributed by atoms with E-state index in [9.17, 15) is 13.2 Å². The minimum Gasteiger partial charge on any atom is -0.495 e. The number of nitriles is 1. The zero-order chi connectivity index (χ0) is 12.3. The van der Waals surface area contributed by atoms with Crippen LogP contribution in [-0.2, 0) is 12.7 Å². The standard InChI is InChI=1S/C10H9F3N2O/c1-16-9-3-6(4-14)8(10(11,12)13)2-7(9)5-15/h2-3H,4,14H2,1H3. The monoisotopic (exact) mass is 230 g/mol. The van der Waals surface area contributed by atoms with Crippen molar-refractivity contribution in [2.75, 3.05) is 7.11 Å². The van der Waals surface area contributed by atoms with Gasteiger partial charge in [0.05, 0.1) is 18.2 Å². The molecule has 0 spiro atoms. The van der Waals surface area contributed by atoms with Gasteiger partial charge in [0.15, 0.2) is 0 Å². The molecule has 0 aliphatic carbocycles. The van der Waals surface area contributed by atoms with Crippen LogP contribution in [0.3, 0.4) is 0 Å². The molecule has 0 atom stereocenters. The number of alkyl halides is 3. The maximum atomic E-state index is 12.6. The van der Waals surface area contributed by atoms with Crippen LogP contribution in [0.5, 0.6) is 5.75 Å². The van der Waals surface area contributed by atoms with Crippen molar-refractivity contribution in [1.82, 2.24) is 0 Å². The number of hydrogen-bond donors (Lipinski definition) is 1. The number of halogens is 3. The Bertz CT molecular complexity index is 435. The fourth-order valence-electron chi connectivity index (χ4n) is 1.31. The lowest BCUT2D eigenvalue weighted by Crippen LogP contribution is -2.12. The molecule has 0 amide bonds. The number of nitrogens with two attached hydrogens (primary N) is 1. The first-order valence-electron chi connectivity index (χ1n) is 4.32. The Kier molecular flexibility index (Phi) is 3.40. The maximum Gasteiger partial charge on any atom is 0.416 e. The van der Waals surface area contributed by atoms with Crippen LogP contribution < -0.4 is 10.5 Å². The van der Waals surface area contributed by atoms with E-state index in [0.717, 1.165) is 12.1 Å². The SMILES string of the molecule is COc1cc(CN)c(C(F)(F)F)cc1C#N. The van der Waals surface area contributed by atoms with Crippen molar-refractivity contribution in [3.63, 3.8) is 0 Å². The number of benzene rings is 1. The molecule has 86 valence electrons. The molecule has 6 heteroatoms. The van der Waals surface area contributed by atoms with Gasteiger partial charge in [0, 0.05) is 6.54 Å². The van der Waals surface area contributed by atoms with Crippen LogP contribution in [0, 0.1) is 11.3 Å². The van der Waals surface area contributed by atoms with Crippen LogP contribution >= 0.6 is 0 Å². The van der Waals surface area contributed by atoms with Gasteiger partial charge in [0.1, 0.15) is 11.8 Å². The first-order valence-corrected chi connectivity index (χ1v) is 4.32. The fraction of sp³-hybridized carbons (Fsp3) is 0.300. The first-order chi connectivity index (χ1) is 7.43. The summed E-state index contributed by atoms with van der Waals surface area (Å²) in [6, 6.07) is 3.54. The highest BCUT2D eigenvalue weighted by atomic mass is 19.4. The van der Waals surface area contributed by atoms with E-state index in [1.54, 1.807) is 6.07 Å². The number of methoxy groups -OCH3 is 1. The van der Waals surface area contributed by atoms with Gasteiger partial charge in [0.25, 0.3) is 0 Å². The van der Waals surface area contributed by atoms with Gasteiger partial charge in [-0.2, -0.15) is 18.4 Å². The van der Waals surface area contributed by atoms with Gasteiger partial charge in [-0.05, 0) is 17.7 Å². The molecule has 0 radical (unpaired) electrons. The Morgan fingerprint density at radius 2 is 2.06 bits per heavy atom. The van der Waals surface area contributed by atoms with Crippen molar-refractivity contribution in [2.45, 2.75) is 12.7 Å². The van der Waals surface area contributed by atoms with Crippen molar-refractivity contribution in [3.8, 4) is 11.8 Å². The Hall–Kier alpha value is -1.74. The number of rotatable bonds is 2. The summed E-state index contributed by atoms with van der Waals surface area (Å²) in [4.78, 5) is 0. The van der Waals surface area contributed by atoms with Gasteiger partial charge < -0.3 is 10.5 Å². The van der Waals surface area contributed by atoms with Crippen molar-refractivity contribution >= 4 is 0 Å². The summed E-state index contributed by atoms with van der Waals surface area (Å²) in [5.74, 6) is 0.0935. The molecule has 1 aromatic carbocycles. The smallest absolute Gasteiger partial charge is 0.416 e. The molecule has 0 saturated heterocycles. The number of nitrogens with zero attached hydrogens (tertiary/aromatic N) is 1. The second-order valence-corrected chi connectivity index (χ2v) is 3.02. The van der Waals surface area contributed by atoms with E-state index >= 15 is 0 Å². The maximum absolute atomic E-state index is 12.6. The van der Waals surface area contributed by atoms with Gasteiger partial charge >= 0.3 is 6.18 Å². The van der Waals surface area contributed by atoms with E-state index < -0.39 is 11.7 Å². The van der Waals surface area contributed by atoms with Gasteiger partial charge in [-0.15, -0.1) is 0 Å². The molecule has 2 N–H and O–H groups in total. The average molecular weight is 230 g/mol. The lowest BCUT2D eigenvalue weighted by atomic mass is 10.0. The minimum atomic E-state index is -4.52. The Morgan fingerprint density at radius 3 is 2.44 bits per heavy atom. The zero-order valence-electron chi connectivity index (χ0n) is 8.43. The van der Waals surface area contributed by atoms with Crippen LogP contribution in [0.1, 0.15) is 16.7 Å². The van der Waals surface area contributed by atoms with E-state index in [4.69, 9.17) is 15.7 Å². The highest BCUT2D eigenvalue weighted by Crippen LogP contribution is 2.35. The van der Waals surface area contributed by atoms with Gasteiger partial charge in [-0.25, -0.2) is 0 Å². The summed E-state index contributed by atoms with van der Waals surface area (Å²) in [5.41, 5.74) is 4.07. The molecule has 0 bridgehead atoms. The van der Waals surface area contributed by atoms with E-state index in [-0.39, 0.29) is 23.4 Å². The molecule has 0 aromatic heterocycles. The Morgan fingerprint density at radius 1 is 1.44 bits per heavy atom. The van der Waals surface area contributed by atoms with Crippen molar-refractivity contribution in [1.29, 1.82) is 5.26 Å². The van der Waals surface area contributed by atoms with E-state index in [2.05, 4.69) is 0 Å². The van der Waals surface area contributed by atoms with Gasteiger partial charge in [-0.1, -0.05) is 0 Å². The third-order valence-corrected chi connectivity index (χ3v) is 2.07. The van der Waals surface area contributed by atoms with Crippen LogP contribution in [0.4, 0.5) is 13.2 Å². The van der Waals surface area contributed by atoms with E-state index in [0.29, 0.717) is 0 Å². The molecular formula is C10H9F3N2O. The first kappa shape index (κ1) is 12.3. The predicted octanol–water partition coefficient (Wildman–Crippen LogP) is 2.04. The van der Waals surface area contributed by atoms with Gasteiger partial charge in [0.2, 0.25) is 0 Å². The summed E-state index contributed by atoms with van der Waals surface area (Å²) in [6.07, 6.45) is -4.52. The Balaban J connectivity index is 3.45. The molecule has 0 aliphatic rings. The lowest BCUT2D eigenvalue weighted by Gasteiger charge is -2.14. The molecule has 1 rings (SSSR count). The topological polar surface area (TPSA) is 59.0 Å². The van der Waals surface area contributed by atoms with Crippen LogP contribution in [-0.4, -0.2) is 7.11 Å².